The molecule has 3 rings (SSSR count). The number of rotatable bonds is 5. The molecule has 0 aliphatic heterocycles. The molecule has 0 unspecified atom stereocenters. The third-order valence-corrected chi connectivity index (χ3v) is 5.26. The van der Waals surface area contributed by atoms with E-state index in [0.29, 0.717) is 16.4 Å². The zero-order chi connectivity index (χ0) is 16.9. The summed E-state index contributed by atoms with van der Waals surface area (Å²) in [6, 6.07) is 13.7. The van der Waals surface area contributed by atoms with Crippen LogP contribution in [-0.4, -0.2) is 16.1 Å². The first-order chi connectivity index (χ1) is 11.6. The summed E-state index contributed by atoms with van der Waals surface area (Å²) in [6.45, 7) is 1.97. The number of nitrogens with zero attached hydrogens (tertiary/aromatic N) is 2. The Morgan fingerprint density at radius 2 is 1.83 bits per heavy atom. The molecule has 0 fully saturated rings. The highest BCUT2D eigenvalue weighted by Crippen LogP contribution is 2.28. The van der Waals surface area contributed by atoms with Crippen LogP contribution in [0, 0.1) is 12.7 Å². The maximum atomic E-state index is 12.9. The normalized spacial score (nSPS) is 10.6. The van der Waals surface area contributed by atoms with E-state index in [1.54, 1.807) is 24.3 Å². The molecule has 1 aromatic heterocycles. The van der Waals surface area contributed by atoms with Crippen LogP contribution in [0.5, 0.6) is 0 Å². The molecule has 0 saturated heterocycles. The monoisotopic (exact) mass is 359 g/mol. The minimum Gasteiger partial charge on any atom is -0.296 e. The van der Waals surface area contributed by atoms with Crippen LogP contribution >= 0.6 is 23.1 Å². The molecule has 24 heavy (non-hydrogen) atoms. The first-order valence-corrected chi connectivity index (χ1v) is 8.99. The van der Waals surface area contributed by atoms with Gasteiger partial charge in [-0.1, -0.05) is 52.9 Å². The fraction of sp³-hybridized carbons (Fsp3) is 0.118. The fourth-order valence-electron chi connectivity index (χ4n) is 1.92. The summed E-state index contributed by atoms with van der Waals surface area (Å²) in [5, 5.41) is 11.2. The van der Waals surface area contributed by atoms with Crippen LogP contribution in [-0.2, 0) is 5.75 Å². The van der Waals surface area contributed by atoms with Gasteiger partial charge in [0.1, 0.15) is 5.82 Å². The maximum Gasteiger partial charge on any atom is 0.257 e. The van der Waals surface area contributed by atoms with Crippen LogP contribution in [0.1, 0.15) is 21.5 Å². The molecule has 1 heterocycles. The van der Waals surface area contributed by atoms with Crippen molar-refractivity contribution in [2.45, 2.75) is 17.0 Å². The molecule has 2 aromatic carbocycles. The van der Waals surface area contributed by atoms with Gasteiger partial charge in [0.15, 0.2) is 4.34 Å². The molecule has 1 N–H and O–H groups in total. The third-order valence-electron chi connectivity index (χ3n) is 3.22. The number of benzene rings is 2. The number of hydrogen-bond acceptors (Lipinski definition) is 5. The molecule has 0 saturated carbocycles. The van der Waals surface area contributed by atoms with E-state index in [1.807, 2.05) is 19.1 Å². The average molecular weight is 359 g/mol. The lowest BCUT2D eigenvalue weighted by molar-refractivity contribution is 0.102. The van der Waals surface area contributed by atoms with Crippen molar-refractivity contribution in [2.24, 2.45) is 0 Å². The van der Waals surface area contributed by atoms with Gasteiger partial charge in [0.05, 0.1) is 0 Å². The maximum absolute atomic E-state index is 12.9. The van der Waals surface area contributed by atoms with Gasteiger partial charge in [-0.25, -0.2) is 4.39 Å². The minimum absolute atomic E-state index is 0.207. The number of anilines is 1. The zero-order valence-corrected chi connectivity index (χ0v) is 14.5. The molecular weight excluding hydrogens is 345 g/mol. The molecule has 1 amide bonds. The highest BCUT2D eigenvalue weighted by Gasteiger charge is 2.10. The highest BCUT2D eigenvalue weighted by atomic mass is 32.2. The van der Waals surface area contributed by atoms with E-state index in [2.05, 4.69) is 15.5 Å². The molecule has 0 atom stereocenters. The van der Waals surface area contributed by atoms with Crippen LogP contribution in [0.25, 0.3) is 0 Å². The lowest BCUT2D eigenvalue weighted by atomic mass is 10.1. The number of aromatic nitrogens is 2. The van der Waals surface area contributed by atoms with E-state index < -0.39 is 0 Å². The van der Waals surface area contributed by atoms with Crippen molar-refractivity contribution in [3.63, 3.8) is 0 Å². The number of carbonyl (C=O) groups is 1. The first kappa shape index (κ1) is 16.6. The number of carbonyl (C=O) groups excluding carboxylic acids is 1. The summed E-state index contributed by atoms with van der Waals surface area (Å²) >= 11 is 2.81. The number of amides is 1. The fourth-order valence-corrected chi connectivity index (χ4v) is 3.62. The van der Waals surface area contributed by atoms with E-state index in [1.165, 1.54) is 35.2 Å². The number of halogens is 1. The van der Waals surface area contributed by atoms with Gasteiger partial charge in [-0.15, -0.1) is 10.2 Å². The van der Waals surface area contributed by atoms with Crippen molar-refractivity contribution in [1.82, 2.24) is 10.2 Å². The van der Waals surface area contributed by atoms with Gasteiger partial charge in [-0.3, -0.25) is 10.1 Å². The summed E-state index contributed by atoms with van der Waals surface area (Å²) < 4.78 is 13.6. The molecule has 0 radical (unpaired) electrons. The molecule has 0 aliphatic carbocycles. The Morgan fingerprint density at radius 1 is 1.12 bits per heavy atom. The predicted molar refractivity (Wildman–Crippen MR) is 95.0 cm³/mol. The van der Waals surface area contributed by atoms with Crippen molar-refractivity contribution < 1.29 is 9.18 Å². The molecule has 0 bridgehead atoms. The smallest absolute Gasteiger partial charge is 0.257 e. The first-order valence-electron chi connectivity index (χ1n) is 7.19. The Hall–Kier alpha value is -2.25. The van der Waals surface area contributed by atoms with Gasteiger partial charge in [-0.05, 0) is 36.8 Å². The number of nitrogens with one attached hydrogen (secondary N) is 1. The van der Waals surface area contributed by atoms with Crippen molar-refractivity contribution in [1.29, 1.82) is 0 Å². The summed E-state index contributed by atoms with van der Waals surface area (Å²) in [7, 11) is 0. The molecule has 0 aliphatic rings. The Kier molecular flexibility index (Phi) is 5.22. The summed E-state index contributed by atoms with van der Waals surface area (Å²) in [5.74, 6) is 0.211. The van der Waals surface area contributed by atoms with E-state index in [0.717, 1.165) is 15.5 Å². The van der Waals surface area contributed by atoms with Crippen LogP contribution in [0.4, 0.5) is 9.52 Å². The average Bonchev–Trinajstić information content (AvgIpc) is 3.02. The van der Waals surface area contributed by atoms with E-state index in [4.69, 9.17) is 0 Å². The van der Waals surface area contributed by atoms with Crippen LogP contribution in [0.15, 0.2) is 52.9 Å². The Morgan fingerprint density at radius 3 is 2.54 bits per heavy atom. The summed E-state index contributed by atoms with van der Waals surface area (Å²) in [4.78, 5) is 12.1. The zero-order valence-electron chi connectivity index (χ0n) is 12.8. The number of aryl methyl sites for hydroxylation is 1. The predicted octanol–water partition coefficient (Wildman–Crippen LogP) is 4.53. The number of hydrogen-bond donors (Lipinski definition) is 1. The van der Waals surface area contributed by atoms with E-state index >= 15 is 0 Å². The summed E-state index contributed by atoms with van der Waals surface area (Å²) in [5.41, 5.74) is 2.68. The van der Waals surface area contributed by atoms with Crippen LogP contribution in [0.2, 0.25) is 0 Å². The van der Waals surface area contributed by atoms with Crippen LogP contribution in [0.3, 0.4) is 0 Å². The minimum atomic E-state index is -0.249. The highest BCUT2D eigenvalue weighted by molar-refractivity contribution is 8.00. The van der Waals surface area contributed by atoms with Crippen LogP contribution < -0.4 is 5.32 Å². The Balaban J connectivity index is 1.58. The lowest BCUT2D eigenvalue weighted by Gasteiger charge is -2.01. The lowest BCUT2D eigenvalue weighted by Crippen LogP contribution is -2.11. The van der Waals surface area contributed by atoms with Crippen molar-refractivity contribution in [3.8, 4) is 0 Å². The van der Waals surface area contributed by atoms with Crippen molar-refractivity contribution in [2.75, 3.05) is 5.32 Å². The Labute approximate surface area is 147 Å². The Bertz CT molecular complexity index is 832. The second kappa shape index (κ2) is 7.55. The van der Waals surface area contributed by atoms with E-state index in [-0.39, 0.29) is 11.7 Å². The second-order valence-corrected chi connectivity index (χ2v) is 7.31. The molecule has 4 nitrogen and oxygen atoms in total. The van der Waals surface area contributed by atoms with Crippen molar-refractivity contribution in [3.05, 3.63) is 71.0 Å². The van der Waals surface area contributed by atoms with Gasteiger partial charge in [0, 0.05) is 11.3 Å². The molecule has 122 valence electrons. The largest absolute Gasteiger partial charge is 0.296 e. The van der Waals surface area contributed by atoms with E-state index in [9.17, 15) is 9.18 Å². The van der Waals surface area contributed by atoms with Gasteiger partial charge >= 0.3 is 0 Å². The topological polar surface area (TPSA) is 54.9 Å². The van der Waals surface area contributed by atoms with Gasteiger partial charge in [0.25, 0.3) is 5.91 Å². The van der Waals surface area contributed by atoms with Crippen molar-refractivity contribution >= 4 is 34.1 Å². The van der Waals surface area contributed by atoms with Gasteiger partial charge < -0.3 is 0 Å². The van der Waals surface area contributed by atoms with Gasteiger partial charge in [0.2, 0.25) is 5.13 Å². The second-order valence-electron chi connectivity index (χ2n) is 5.11. The SMILES string of the molecule is Cc1ccc(C(=O)Nc2nnc(SCc3ccc(F)cc3)s2)cc1. The quantitative estimate of drug-likeness (QED) is 0.537. The molecule has 3 aromatic rings. The molecule has 7 heteroatoms. The standard InChI is InChI=1S/C17H14FN3OS2/c1-11-2-6-13(7-3-11)15(22)19-16-20-21-17(24-16)23-10-12-4-8-14(18)9-5-12/h2-9H,10H2,1H3,(H,19,20,22). The summed E-state index contributed by atoms with van der Waals surface area (Å²) in [6.07, 6.45) is 0. The molecule has 0 spiro atoms. The molecular formula is C17H14FN3OS2. The third kappa shape index (κ3) is 4.39. The van der Waals surface area contributed by atoms with Gasteiger partial charge in [-0.2, -0.15) is 0 Å². The number of thioether (sulfide) groups is 1.